The summed E-state index contributed by atoms with van der Waals surface area (Å²) >= 11 is 0. The molecule has 8 nitrogen and oxygen atoms in total. The van der Waals surface area contributed by atoms with E-state index in [1.807, 2.05) is 0 Å². The van der Waals surface area contributed by atoms with E-state index in [-0.39, 0.29) is 12.3 Å². The van der Waals surface area contributed by atoms with E-state index in [0.717, 1.165) is 0 Å². The molecule has 2 unspecified atom stereocenters. The molecule has 3 N–H and O–H groups in total. The molecular weight excluding hydrogens is 302 g/mol. The summed E-state index contributed by atoms with van der Waals surface area (Å²) in [5, 5.41) is 7.33. The molecule has 0 aliphatic carbocycles. The van der Waals surface area contributed by atoms with Crippen LogP contribution in [-0.2, 0) is 14.3 Å². The first-order valence-corrected chi connectivity index (χ1v) is 7.00. The predicted octanol–water partition coefficient (Wildman–Crippen LogP) is 0.646. The van der Waals surface area contributed by atoms with Gasteiger partial charge in [-0.3, -0.25) is 14.9 Å². The van der Waals surface area contributed by atoms with Crippen molar-refractivity contribution in [3.63, 3.8) is 0 Å². The summed E-state index contributed by atoms with van der Waals surface area (Å²) < 4.78 is 4.58. The quantitative estimate of drug-likeness (QED) is 0.705. The lowest BCUT2D eigenvalue weighted by atomic mass is 9.94. The zero-order valence-electron chi connectivity index (χ0n) is 12.7. The molecule has 0 bridgehead atoms. The Labute approximate surface area is 132 Å². The van der Waals surface area contributed by atoms with Crippen molar-refractivity contribution in [2.45, 2.75) is 19.4 Å². The number of benzene rings is 1. The minimum Gasteiger partial charge on any atom is -0.465 e. The maximum absolute atomic E-state index is 12.0. The van der Waals surface area contributed by atoms with Crippen molar-refractivity contribution in [3.05, 3.63) is 29.8 Å². The van der Waals surface area contributed by atoms with Gasteiger partial charge in [0.25, 0.3) is 0 Å². The SMILES string of the molecule is COC(=O)c1ccc(NC(=O)CC2C(=O)NC(=O)NC2C)cc1. The number of hydrogen-bond donors (Lipinski definition) is 3. The maximum Gasteiger partial charge on any atom is 0.337 e. The number of carbonyl (C=O) groups is 4. The Morgan fingerprint density at radius 3 is 2.43 bits per heavy atom. The average molecular weight is 319 g/mol. The minimum absolute atomic E-state index is 0.0635. The standard InChI is InChI=1S/C15H17N3O5/c1-8-11(13(20)18-15(22)16-8)7-12(19)17-10-5-3-9(4-6-10)14(21)23-2/h3-6,8,11H,7H2,1-2H3,(H,17,19)(H2,16,18,20,22). The van der Waals surface area contributed by atoms with Crippen LogP contribution in [0.4, 0.5) is 10.5 Å². The normalized spacial score (nSPS) is 20.3. The van der Waals surface area contributed by atoms with Gasteiger partial charge in [-0.05, 0) is 31.2 Å². The van der Waals surface area contributed by atoms with E-state index in [0.29, 0.717) is 11.3 Å². The van der Waals surface area contributed by atoms with E-state index in [1.165, 1.54) is 19.2 Å². The van der Waals surface area contributed by atoms with E-state index in [9.17, 15) is 19.2 Å². The molecule has 1 saturated heterocycles. The molecule has 8 heteroatoms. The molecular formula is C15H17N3O5. The van der Waals surface area contributed by atoms with Crippen molar-refractivity contribution in [1.82, 2.24) is 10.6 Å². The number of ether oxygens (including phenoxy) is 1. The van der Waals surface area contributed by atoms with Gasteiger partial charge in [-0.15, -0.1) is 0 Å². The summed E-state index contributed by atoms with van der Waals surface area (Å²) in [7, 11) is 1.28. The molecule has 1 aliphatic heterocycles. The van der Waals surface area contributed by atoms with E-state index < -0.39 is 29.9 Å². The van der Waals surface area contributed by atoms with Crippen LogP contribution in [0, 0.1) is 5.92 Å². The maximum atomic E-state index is 12.0. The second-order valence-electron chi connectivity index (χ2n) is 5.18. The third-order valence-corrected chi connectivity index (χ3v) is 3.53. The molecule has 1 aromatic carbocycles. The fourth-order valence-corrected chi connectivity index (χ4v) is 2.26. The summed E-state index contributed by atoms with van der Waals surface area (Å²) in [5.74, 6) is -1.94. The number of hydrogen-bond acceptors (Lipinski definition) is 5. The number of rotatable bonds is 4. The van der Waals surface area contributed by atoms with Crippen LogP contribution >= 0.6 is 0 Å². The zero-order valence-corrected chi connectivity index (χ0v) is 12.7. The highest BCUT2D eigenvalue weighted by Crippen LogP contribution is 2.16. The van der Waals surface area contributed by atoms with E-state index in [4.69, 9.17) is 0 Å². The number of anilines is 1. The van der Waals surface area contributed by atoms with Crippen LogP contribution in [0.5, 0.6) is 0 Å². The van der Waals surface area contributed by atoms with Crippen molar-refractivity contribution >= 4 is 29.5 Å². The van der Waals surface area contributed by atoms with Gasteiger partial charge in [-0.2, -0.15) is 0 Å². The monoisotopic (exact) mass is 319 g/mol. The van der Waals surface area contributed by atoms with Gasteiger partial charge in [0.05, 0.1) is 18.6 Å². The van der Waals surface area contributed by atoms with Crippen LogP contribution in [0.25, 0.3) is 0 Å². The molecule has 1 aromatic rings. The number of nitrogens with one attached hydrogen (secondary N) is 3. The van der Waals surface area contributed by atoms with Crippen LogP contribution in [0.15, 0.2) is 24.3 Å². The molecule has 1 aliphatic rings. The second-order valence-corrected chi connectivity index (χ2v) is 5.18. The summed E-state index contributed by atoms with van der Waals surface area (Å²) in [6.07, 6.45) is -0.0635. The lowest BCUT2D eigenvalue weighted by Gasteiger charge is -2.28. The summed E-state index contributed by atoms with van der Waals surface area (Å²) in [6.45, 7) is 1.67. The highest BCUT2D eigenvalue weighted by Gasteiger charge is 2.34. The van der Waals surface area contributed by atoms with Gasteiger partial charge in [0.15, 0.2) is 0 Å². The Hall–Kier alpha value is -2.90. The first-order chi connectivity index (χ1) is 10.9. The lowest BCUT2D eigenvalue weighted by molar-refractivity contribution is -0.129. The van der Waals surface area contributed by atoms with Gasteiger partial charge >= 0.3 is 12.0 Å². The molecule has 0 spiro atoms. The van der Waals surface area contributed by atoms with Crippen molar-refractivity contribution in [1.29, 1.82) is 0 Å². The Balaban J connectivity index is 1.95. The van der Waals surface area contributed by atoms with Gasteiger partial charge in [-0.25, -0.2) is 9.59 Å². The Kier molecular flexibility index (Phi) is 4.95. The van der Waals surface area contributed by atoms with Crippen LogP contribution in [0.3, 0.4) is 0 Å². The third kappa shape index (κ3) is 4.06. The second kappa shape index (κ2) is 6.91. The van der Waals surface area contributed by atoms with Gasteiger partial charge in [0, 0.05) is 18.2 Å². The molecule has 1 fully saturated rings. The van der Waals surface area contributed by atoms with E-state index >= 15 is 0 Å². The summed E-state index contributed by atoms with van der Waals surface area (Å²) in [4.78, 5) is 46.2. The number of carbonyl (C=O) groups excluding carboxylic acids is 4. The molecule has 4 amide bonds. The van der Waals surface area contributed by atoms with Crippen LogP contribution in [0.1, 0.15) is 23.7 Å². The summed E-state index contributed by atoms with van der Waals surface area (Å²) in [5.41, 5.74) is 0.865. The van der Waals surface area contributed by atoms with Crippen LogP contribution in [-0.4, -0.2) is 37.0 Å². The smallest absolute Gasteiger partial charge is 0.337 e. The molecule has 2 rings (SSSR count). The average Bonchev–Trinajstić information content (AvgIpc) is 2.51. The van der Waals surface area contributed by atoms with Gasteiger partial charge in [-0.1, -0.05) is 0 Å². The molecule has 0 radical (unpaired) electrons. The minimum atomic E-state index is -0.637. The van der Waals surface area contributed by atoms with Crippen molar-refractivity contribution in [2.24, 2.45) is 5.92 Å². The fourth-order valence-electron chi connectivity index (χ4n) is 2.26. The molecule has 122 valence electrons. The van der Waals surface area contributed by atoms with E-state index in [1.54, 1.807) is 19.1 Å². The number of amides is 4. The van der Waals surface area contributed by atoms with Gasteiger partial charge in [0.1, 0.15) is 0 Å². The largest absolute Gasteiger partial charge is 0.465 e. The highest BCUT2D eigenvalue weighted by atomic mass is 16.5. The molecule has 1 heterocycles. The van der Waals surface area contributed by atoms with Crippen LogP contribution in [0.2, 0.25) is 0 Å². The number of esters is 1. The van der Waals surface area contributed by atoms with Crippen LogP contribution < -0.4 is 16.0 Å². The number of methoxy groups -OCH3 is 1. The van der Waals surface area contributed by atoms with Crippen molar-refractivity contribution in [2.75, 3.05) is 12.4 Å². The highest BCUT2D eigenvalue weighted by molar-refractivity contribution is 6.01. The zero-order chi connectivity index (χ0) is 17.0. The lowest BCUT2D eigenvalue weighted by Crippen LogP contribution is -2.57. The van der Waals surface area contributed by atoms with Crippen molar-refractivity contribution < 1.29 is 23.9 Å². The Morgan fingerprint density at radius 1 is 1.22 bits per heavy atom. The topological polar surface area (TPSA) is 114 Å². The number of urea groups is 1. The molecule has 23 heavy (non-hydrogen) atoms. The number of imide groups is 1. The van der Waals surface area contributed by atoms with Crippen molar-refractivity contribution in [3.8, 4) is 0 Å². The van der Waals surface area contributed by atoms with E-state index in [2.05, 4.69) is 20.7 Å². The fraction of sp³-hybridized carbons (Fsp3) is 0.333. The molecule has 0 saturated carbocycles. The van der Waals surface area contributed by atoms with Gasteiger partial charge in [0.2, 0.25) is 11.8 Å². The first kappa shape index (κ1) is 16.5. The third-order valence-electron chi connectivity index (χ3n) is 3.53. The van der Waals surface area contributed by atoms with Gasteiger partial charge < -0.3 is 15.4 Å². The molecule has 2 atom stereocenters. The first-order valence-electron chi connectivity index (χ1n) is 7.00. The summed E-state index contributed by atoms with van der Waals surface area (Å²) in [6, 6.07) is 5.20. The molecule has 0 aromatic heterocycles. The predicted molar refractivity (Wildman–Crippen MR) is 80.7 cm³/mol. The Bertz CT molecular complexity index is 641. The Morgan fingerprint density at radius 2 is 1.87 bits per heavy atom.